The molecule has 138 valence electrons. The molecule has 0 radical (unpaired) electrons. The molecule has 0 aromatic carbocycles. The maximum absolute atomic E-state index is 11.5. The molecule has 0 fully saturated rings. The molecule has 0 saturated heterocycles. The number of unbranched alkanes of at least 4 members (excludes halogenated alkanes) is 6. The van der Waals surface area contributed by atoms with Gasteiger partial charge < -0.3 is 5.11 Å². The summed E-state index contributed by atoms with van der Waals surface area (Å²) < 4.78 is 0. The molecule has 6 heteroatoms. The summed E-state index contributed by atoms with van der Waals surface area (Å²) in [6, 6.07) is 0. The summed E-state index contributed by atoms with van der Waals surface area (Å²) in [7, 11) is 0. The number of hydrogen-bond donors (Lipinski definition) is 1. The van der Waals surface area contributed by atoms with Gasteiger partial charge in [0.1, 0.15) is 4.88 Å². The van der Waals surface area contributed by atoms with Crippen molar-refractivity contribution < 1.29 is 9.90 Å². The average Bonchev–Trinajstić information content (AvgIpc) is 3.22. The van der Waals surface area contributed by atoms with Crippen LogP contribution in [0.2, 0.25) is 0 Å². The van der Waals surface area contributed by atoms with Crippen LogP contribution in [0.1, 0.15) is 86.3 Å². The van der Waals surface area contributed by atoms with Gasteiger partial charge in [-0.15, -0.1) is 22.7 Å². The smallest absolute Gasteiger partial charge is 0.347 e. The van der Waals surface area contributed by atoms with Crippen LogP contribution in [0.25, 0.3) is 10.0 Å². The Morgan fingerprint density at radius 1 is 0.960 bits per heavy atom. The molecule has 4 nitrogen and oxygen atoms in total. The van der Waals surface area contributed by atoms with E-state index in [4.69, 9.17) is 0 Å². The number of carboxylic acids is 1. The van der Waals surface area contributed by atoms with Crippen LogP contribution in [0, 0.1) is 0 Å². The number of nitrogens with zero attached hydrogens (tertiary/aromatic N) is 2. The van der Waals surface area contributed by atoms with Gasteiger partial charge in [-0.25, -0.2) is 14.8 Å². The lowest BCUT2D eigenvalue weighted by molar-refractivity contribution is 0.0700. The van der Waals surface area contributed by atoms with Gasteiger partial charge >= 0.3 is 5.97 Å². The second-order valence-corrected chi connectivity index (χ2v) is 8.22. The molecule has 0 aliphatic carbocycles. The highest BCUT2D eigenvalue weighted by molar-refractivity contribution is 7.21. The summed E-state index contributed by atoms with van der Waals surface area (Å²) in [4.78, 5) is 21.2. The first-order valence-corrected chi connectivity index (χ1v) is 11.0. The number of carboxylic acid groups (broad SMARTS) is 1. The zero-order chi connectivity index (χ0) is 18.1. The summed E-state index contributed by atoms with van der Waals surface area (Å²) >= 11 is 2.84. The molecule has 0 bridgehead atoms. The van der Waals surface area contributed by atoms with Crippen molar-refractivity contribution in [3.63, 3.8) is 0 Å². The molecule has 0 aliphatic heterocycles. The molecule has 0 amide bonds. The Bertz CT molecular complexity index is 664. The minimum Gasteiger partial charge on any atom is -0.477 e. The minimum absolute atomic E-state index is 0.381. The van der Waals surface area contributed by atoms with Gasteiger partial charge in [0.25, 0.3) is 0 Å². The van der Waals surface area contributed by atoms with Crippen LogP contribution >= 0.6 is 22.7 Å². The minimum atomic E-state index is -0.870. The Labute approximate surface area is 158 Å². The molecule has 2 rings (SSSR count). The van der Waals surface area contributed by atoms with Crippen molar-refractivity contribution in [2.24, 2.45) is 0 Å². The summed E-state index contributed by atoms with van der Waals surface area (Å²) in [6.45, 7) is 4.38. The predicted octanol–water partition coefficient (Wildman–Crippen LogP) is 6.21. The fraction of sp³-hybridized carbons (Fsp3) is 0.632. The molecule has 0 spiro atoms. The highest BCUT2D eigenvalue weighted by Gasteiger charge is 2.19. The molecular formula is C19H28N2O2S2. The Hall–Kier alpha value is -1.27. The maximum atomic E-state index is 11.5. The quantitative estimate of drug-likeness (QED) is 0.445. The van der Waals surface area contributed by atoms with Crippen LogP contribution in [0.15, 0.2) is 5.38 Å². The van der Waals surface area contributed by atoms with E-state index in [-0.39, 0.29) is 0 Å². The van der Waals surface area contributed by atoms with E-state index in [1.165, 1.54) is 43.4 Å². The van der Waals surface area contributed by atoms with Gasteiger partial charge in [0.2, 0.25) is 0 Å². The lowest BCUT2D eigenvalue weighted by atomic mass is 10.1. The normalized spacial score (nSPS) is 11.1. The SMILES string of the molecule is CCCCCCc1csc(-c2nc(CCCCCC)c(C(=O)O)s2)n1. The number of aromatic nitrogens is 2. The first-order valence-electron chi connectivity index (χ1n) is 9.33. The van der Waals surface area contributed by atoms with Crippen molar-refractivity contribution in [1.82, 2.24) is 9.97 Å². The van der Waals surface area contributed by atoms with Crippen LogP contribution in [-0.2, 0) is 12.8 Å². The fourth-order valence-corrected chi connectivity index (χ4v) is 4.59. The van der Waals surface area contributed by atoms with E-state index in [1.807, 2.05) is 0 Å². The molecule has 2 aromatic heterocycles. The topological polar surface area (TPSA) is 63.1 Å². The molecule has 2 heterocycles. The number of hydrogen-bond acceptors (Lipinski definition) is 5. The number of aryl methyl sites for hydroxylation is 2. The van der Waals surface area contributed by atoms with Crippen molar-refractivity contribution in [1.29, 1.82) is 0 Å². The second kappa shape index (κ2) is 10.7. The summed E-state index contributed by atoms with van der Waals surface area (Å²) in [5.41, 5.74) is 1.83. The summed E-state index contributed by atoms with van der Waals surface area (Å²) in [5, 5.41) is 13.2. The molecule has 1 N–H and O–H groups in total. The van der Waals surface area contributed by atoms with Crippen molar-refractivity contribution >= 4 is 28.6 Å². The van der Waals surface area contributed by atoms with Gasteiger partial charge in [0, 0.05) is 5.38 Å². The van der Waals surface area contributed by atoms with Crippen LogP contribution in [0.3, 0.4) is 0 Å². The average molecular weight is 381 g/mol. The van der Waals surface area contributed by atoms with Crippen LogP contribution in [0.4, 0.5) is 0 Å². The van der Waals surface area contributed by atoms with E-state index in [0.29, 0.717) is 4.88 Å². The van der Waals surface area contributed by atoms with Gasteiger partial charge in [-0.05, 0) is 25.7 Å². The van der Waals surface area contributed by atoms with E-state index in [0.717, 1.165) is 53.5 Å². The Kier molecular flexibility index (Phi) is 8.55. The summed E-state index contributed by atoms with van der Waals surface area (Å²) in [6.07, 6.45) is 11.1. The molecule has 0 unspecified atom stereocenters. The van der Waals surface area contributed by atoms with Gasteiger partial charge in [-0.1, -0.05) is 52.4 Å². The molecule has 2 aromatic rings. The first-order chi connectivity index (χ1) is 12.2. The highest BCUT2D eigenvalue weighted by Crippen LogP contribution is 2.31. The lowest BCUT2D eigenvalue weighted by Crippen LogP contribution is -1.99. The van der Waals surface area contributed by atoms with Crippen molar-refractivity contribution in [3.8, 4) is 10.0 Å². The van der Waals surface area contributed by atoms with Crippen molar-refractivity contribution in [2.45, 2.75) is 78.1 Å². The molecule has 0 atom stereocenters. The van der Waals surface area contributed by atoms with E-state index >= 15 is 0 Å². The third-order valence-electron chi connectivity index (χ3n) is 4.18. The summed E-state index contributed by atoms with van der Waals surface area (Å²) in [5.74, 6) is -0.870. The Balaban J connectivity index is 2.03. The van der Waals surface area contributed by atoms with Crippen molar-refractivity contribution in [2.75, 3.05) is 0 Å². The van der Waals surface area contributed by atoms with E-state index in [9.17, 15) is 9.90 Å². The van der Waals surface area contributed by atoms with Gasteiger partial charge in [-0.3, -0.25) is 0 Å². The highest BCUT2D eigenvalue weighted by atomic mass is 32.1. The van der Waals surface area contributed by atoms with Gasteiger partial charge in [0.15, 0.2) is 10.0 Å². The van der Waals surface area contributed by atoms with Gasteiger partial charge in [-0.2, -0.15) is 0 Å². The van der Waals surface area contributed by atoms with E-state index < -0.39 is 5.97 Å². The third-order valence-corrected chi connectivity index (χ3v) is 6.30. The number of carbonyl (C=O) groups is 1. The van der Waals surface area contributed by atoms with Crippen molar-refractivity contribution in [3.05, 3.63) is 21.6 Å². The second-order valence-electron chi connectivity index (χ2n) is 6.37. The number of thiazole rings is 2. The standard InChI is InChI=1S/C19H28N2O2S2/c1-3-5-7-9-11-14-13-24-17(20-14)18-21-15(12-10-8-6-4-2)16(25-18)19(22)23/h13H,3-12H2,1-2H3,(H,22,23). The third kappa shape index (κ3) is 6.19. The molecule has 0 saturated carbocycles. The maximum Gasteiger partial charge on any atom is 0.347 e. The predicted molar refractivity (Wildman–Crippen MR) is 106 cm³/mol. The molecule has 0 aliphatic rings. The zero-order valence-electron chi connectivity index (χ0n) is 15.2. The van der Waals surface area contributed by atoms with Crippen LogP contribution < -0.4 is 0 Å². The lowest BCUT2D eigenvalue weighted by Gasteiger charge is -1.98. The molecular weight excluding hydrogens is 352 g/mol. The number of rotatable bonds is 12. The largest absolute Gasteiger partial charge is 0.477 e. The van der Waals surface area contributed by atoms with Crippen LogP contribution in [-0.4, -0.2) is 21.0 Å². The van der Waals surface area contributed by atoms with E-state index in [1.54, 1.807) is 11.3 Å². The Morgan fingerprint density at radius 2 is 1.64 bits per heavy atom. The van der Waals surface area contributed by atoms with E-state index in [2.05, 4.69) is 29.2 Å². The Morgan fingerprint density at radius 3 is 2.28 bits per heavy atom. The van der Waals surface area contributed by atoms with Crippen LogP contribution in [0.5, 0.6) is 0 Å². The van der Waals surface area contributed by atoms with Gasteiger partial charge in [0.05, 0.1) is 11.4 Å². The first kappa shape index (κ1) is 20.0. The monoisotopic (exact) mass is 380 g/mol. The fourth-order valence-electron chi connectivity index (χ4n) is 2.75. The zero-order valence-corrected chi connectivity index (χ0v) is 16.8. The number of aromatic carboxylic acids is 1. The molecule has 25 heavy (non-hydrogen) atoms.